The Bertz CT molecular complexity index is 2950. The van der Waals surface area contributed by atoms with Crippen LogP contribution in [0, 0.1) is 17.8 Å². The first-order valence-electron chi connectivity index (χ1n) is 27.4. The summed E-state index contributed by atoms with van der Waals surface area (Å²) in [7, 11) is 0. The molecule has 0 saturated carbocycles. The maximum Gasteiger partial charge on any atom is 0.247 e. The number of hydrogen-bond acceptors (Lipinski definition) is 19. The van der Waals surface area contributed by atoms with Gasteiger partial charge in [-0.15, -0.1) is 11.8 Å². The normalized spacial score (nSPS) is 25.0. The number of rotatable bonds is 17. The van der Waals surface area contributed by atoms with Crippen LogP contribution in [0.3, 0.4) is 0 Å². The highest BCUT2D eigenvalue weighted by molar-refractivity contribution is 7.99. The number of carbonyl (C=O) groups excluding carboxylic acids is 11. The monoisotopic (exact) mass is 1210 g/mol. The number of ether oxygens (including phenoxy) is 1. The van der Waals surface area contributed by atoms with Gasteiger partial charge in [0, 0.05) is 48.2 Å². The predicted molar refractivity (Wildman–Crippen MR) is 308 cm³/mol. The van der Waals surface area contributed by atoms with Crippen LogP contribution >= 0.6 is 24.6 Å². The molecule has 4 heterocycles. The fourth-order valence-electron chi connectivity index (χ4n) is 9.80. The van der Waals surface area contributed by atoms with E-state index in [4.69, 9.17) is 10.5 Å². The van der Waals surface area contributed by atoms with E-state index in [0.29, 0.717) is 39.9 Å². The van der Waals surface area contributed by atoms with Gasteiger partial charge in [-0.05, 0) is 54.2 Å². The van der Waals surface area contributed by atoms with Crippen LogP contribution in [-0.2, 0) is 65.8 Å². The number of nitrogens with zero attached hydrogens (tertiary/aromatic N) is 1. The van der Waals surface area contributed by atoms with E-state index in [1.165, 1.54) is 6.92 Å². The lowest BCUT2D eigenvalue weighted by molar-refractivity contribution is -0.147. The quantitative estimate of drug-likeness (QED) is 0.0469. The molecule has 10 amide bonds. The fourth-order valence-corrected chi connectivity index (χ4v) is 11.3. The van der Waals surface area contributed by atoms with Crippen molar-refractivity contribution in [1.82, 2.24) is 57.1 Å². The molecule has 1 fully saturated rings. The van der Waals surface area contributed by atoms with E-state index in [1.54, 1.807) is 63.2 Å². The molecule has 3 aliphatic rings. The van der Waals surface area contributed by atoms with E-state index in [1.807, 2.05) is 13.8 Å². The molecule has 458 valence electrons. The Labute approximate surface area is 493 Å². The van der Waals surface area contributed by atoms with Crippen LogP contribution in [-0.4, -0.2) is 183 Å². The minimum atomic E-state index is -2.32. The summed E-state index contributed by atoms with van der Waals surface area (Å²) in [5.74, 6) is -10.6. The van der Waals surface area contributed by atoms with Gasteiger partial charge in [0.1, 0.15) is 42.6 Å². The van der Waals surface area contributed by atoms with E-state index in [2.05, 4.69) is 70.4 Å². The molecule has 0 spiro atoms. The number of benzene rings is 2. The number of thioether (sulfide) groups is 1. The van der Waals surface area contributed by atoms with Crippen molar-refractivity contribution in [2.24, 2.45) is 23.5 Å². The molecule has 0 unspecified atom stereocenters. The maximum absolute atomic E-state index is 15.0. The van der Waals surface area contributed by atoms with Gasteiger partial charge in [-0.1, -0.05) is 66.0 Å². The highest BCUT2D eigenvalue weighted by Crippen LogP contribution is 2.35. The minimum Gasteiger partial charge on any atom is -0.489 e. The Morgan fingerprint density at radius 1 is 0.881 bits per heavy atom. The number of primary amides is 1. The van der Waals surface area contributed by atoms with Crippen LogP contribution in [0.1, 0.15) is 71.9 Å². The van der Waals surface area contributed by atoms with Crippen molar-refractivity contribution in [3.05, 3.63) is 53.6 Å². The summed E-state index contributed by atoms with van der Waals surface area (Å²) in [5.41, 5.74) is 5.19. The average Bonchev–Trinajstić information content (AvgIpc) is 2.41. The molecule has 6 rings (SSSR count). The zero-order valence-electron chi connectivity index (χ0n) is 47.2. The summed E-state index contributed by atoms with van der Waals surface area (Å²) in [6, 6.07) is 2.12. The third-order valence-corrected chi connectivity index (χ3v) is 16.4. The number of anilines is 1. The van der Waals surface area contributed by atoms with Crippen molar-refractivity contribution in [2.75, 3.05) is 37.3 Å². The number of fused-ring (bicyclic) bond motifs is 5. The molecule has 30 heteroatoms. The molecule has 1 aromatic heterocycles. The molecule has 28 nitrogen and oxygen atoms in total. The van der Waals surface area contributed by atoms with Gasteiger partial charge in [-0.3, -0.25) is 62.8 Å². The zero-order chi connectivity index (χ0) is 61.7. The first-order valence-corrected chi connectivity index (χ1v) is 28.8. The molecule has 16 N–H and O–H groups in total. The van der Waals surface area contributed by atoms with Crippen molar-refractivity contribution in [1.29, 1.82) is 0 Å². The third kappa shape index (κ3) is 16.5. The third-order valence-electron chi connectivity index (χ3n) is 15.0. The second-order valence-corrected chi connectivity index (χ2v) is 22.9. The Kier molecular flexibility index (Phi) is 23.1. The smallest absolute Gasteiger partial charge is 0.247 e. The maximum atomic E-state index is 15.0. The largest absolute Gasteiger partial charge is 0.489 e. The summed E-state index contributed by atoms with van der Waals surface area (Å²) in [5, 5.41) is 56.6. The molecule has 3 aromatic rings. The molecule has 2 bridgehead atoms. The molecule has 0 aliphatic carbocycles. The summed E-state index contributed by atoms with van der Waals surface area (Å²) < 4.78 is 8.84. The number of aliphatic hydroxyl groups excluding tert-OH is 3. The standard InChI is InChI=1S/C54H75N13O15S2/c1-7-26(4)44-49(78)57-18-41(73)60-38-23-84-52-34(33-13-12-32(14-35(33)63-52)82-22-29-8-10-30(11-9-29)59-46(75)28(6)58-50(79)43(66-83)25(2)3)15-36(47(76)56-19-42(74)64-44)61-51(80)45(27(5)39(71)21-68)65-54(24-69)17-31(70)20-67(54)53(81)37(16-40(55)72)62-48(38)77/h8-14,24-28,31,36-39,43-45,63,65-66,68,70-71,83H,7,15-23H2,1-6H3,(H2,55,72)(H,56,76)(H,57,78)(H,58,79)(H,59,75)(H,60,73)(H,61,80)(H,62,77)(H,64,74)/t26-,27-,28-,31+,36-,37-,38-,39-,43-,44-,45-,54-/m0/s1. The lowest BCUT2D eigenvalue weighted by atomic mass is 9.92. The van der Waals surface area contributed by atoms with E-state index in [0.717, 1.165) is 16.7 Å². The number of amides is 10. The number of carbonyl (C=O) groups is 11. The summed E-state index contributed by atoms with van der Waals surface area (Å²) in [6.07, 6.45) is -4.36. The second kappa shape index (κ2) is 29.4. The number of thiol groups is 1. The summed E-state index contributed by atoms with van der Waals surface area (Å²) in [4.78, 5) is 156. The van der Waals surface area contributed by atoms with Gasteiger partial charge in [0.2, 0.25) is 59.1 Å². The van der Waals surface area contributed by atoms with Gasteiger partial charge < -0.3 is 78.2 Å². The van der Waals surface area contributed by atoms with Gasteiger partial charge in [0.25, 0.3) is 0 Å². The number of H-pyrrole nitrogens is 1. The first kappa shape index (κ1) is 65.8. The van der Waals surface area contributed by atoms with Crippen LogP contribution in [0.25, 0.3) is 10.9 Å². The van der Waals surface area contributed by atoms with Crippen molar-refractivity contribution in [2.45, 2.75) is 139 Å². The Balaban J connectivity index is 1.42. The lowest BCUT2D eigenvalue weighted by Gasteiger charge is -2.41. The average molecular weight is 1210 g/mol. The molecular formula is C54H75N13O15S2. The van der Waals surface area contributed by atoms with E-state index in [9.17, 15) is 68.1 Å². The SMILES string of the molecule is CC[C@H](C)[C@@H]1NC(=O)CNC(=O)[C@@H]2Cc3c([nH]c4cc(OCc5ccc(NC(=O)[C@H](C)NC(=O)[C@@H](NS)C(C)C)cc5)ccc34)SC[C@H](NC(=O)CNC1=O)C(=O)N[C@@H](CC(N)=O)C(=O)N1C[C@H](O)C[C@]1(C=O)N[C@@H]([C@@H](C)[C@@H](O)CO)C(=O)N2. The molecule has 12 atom stereocenters. The Morgan fingerprint density at radius 3 is 2.19 bits per heavy atom. The highest BCUT2D eigenvalue weighted by atomic mass is 32.2. The summed E-state index contributed by atoms with van der Waals surface area (Å²) in [6.45, 7) is 7.09. The van der Waals surface area contributed by atoms with E-state index in [-0.39, 0.29) is 41.9 Å². The molecule has 1 saturated heterocycles. The van der Waals surface area contributed by atoms with Gasteiger partial charge in [0.05, 0.1) is 61.0 Å². The van der Waals surface area contributed by atoms with Crippen LogP contribution in [0.2, 0.25) is 0 Å². The number of aromatic amines is 1. The van der Waals surface area contributed by atoms with Crippen molar-refractivity contribution < 1.29 is 72.8 Å². The van der Waals surface area contributed by atoms with Crippen LogP contribution in [0.4, 0.5) is 5.69 Å². The number of hydrogen-bond donors (Lipinski definition) is 16. The van der Waals surface area contributed by atoms with Gasteiger partial charge in [-0.2, -0.15) is 0 Å². The van der Waals surface area contributed by atoms with Gasteiger partial charge in [0.15, 0.2) is 11.9 Å². The van der Waals surface area contributed by atoms with Crippen LogP contribution in [0.5, 0.6) is 5.75 Å². The topological polar surface area (TPSA) is 423 Å². The minimum absolute atomic E-state index is 0.0333. The predicted octanol–water partition coefficient (Wildman–Crippen LogP) is -3.16. The number of aromatic nitrogens is 1. The van der Waals surface area contributed by atoms with Gasteiger partial charge >= 0.3 is 0 Å². The number of aldehydes is 1. The highest BCUT2D eigenvalue weighted by Gasteiger charge is 2.53. The molecular weight excluding hydrogens is 1130 g/mol. The second-order valence-electron chi connectivity index (χ2n) is 21.6. The summed E-state index contributed by atoms with van der Waals surface area (Å²) >= 11 is 4.98. The van der Waals surface area contributed by atoms with E-state index < -0.39 is 164 Å². The Hall–Kier alpha value is -7.35. The van der Waals surface area contributed by atoms with Crippen molar-refractivity contribution >= 4 is 107 Å². The molecule has 84 heavy (non-hydrogen) atoms. The first-order chi connectivity index (χ1) is 39.8. The molecule has 3 aliphatic heterocycles. The van der Waals surface area contributed by atoms with E-state index >= 15 is 0 Å². The lowest BCUT2D eigenvalue weighted by Crippen LogP contribution is -2.69. The van der Waals surface area contributed by atoms with Crippen molar-refractivity contribution in [3.63, 3.8) is 0 Å². The van der Waals surface area contributed by atoms with Gasteiger partial charge in [-0.25, -0.2) is 0 Å². The number of nitrogens with two attached hydrogens (primary N) is 1. The van der Waals surface area contributed by atoms with Crippen LogP contribution < -0.4 is 63.0 Å². The number of aliphatic hydroxyl groups is 3. The zero-order valence-corrected chi connectivity index (χ0v) is 48.9. The fraction of sp³-hybridized carbons (Fsp3) is 0.537. The molecule has 2 aromatic carbocycles. The molecule has 0 radical (unpaired) electrons. The van der Waals surface area contributed by atoms with Crippen molar-refractivity contribution in [3.8, 4) is 5.75 Å². The number of nitrogens with one attached hydrogen (secondary N) is 11. The van der Waals surface area contributed by atoms with Crippen LogP contribution in [0.15, 0.2) is 47.5 Å². The Morgan fingerprint density at radius 2 is 1.56 bits per heavy atom.